The van der Waals surface area contributed by atoms with Gasteiger partial charge in [-0.2, -0.15) is 0 Å². The Morgan fingerprint density at radius 3 is 2.85 bits per heavy atom. The molecule has 68 valence electrons. The molecule has 0 aliphatic heterocycles. The summed E-state index contributed by atoms with van der Waals surface area (Å²) in [5.41, 5.74) is 7.03. The first-order valence-electron chi connectivity index (χ1n) is 3.87. The molecule has 1 aromatic carbocycles. The quantitative estimate of drug-likeness (QED) is 0.726. The smallest absolute Gasteiger partial charge is 0.143 e. The second-order valence-electron chi connectivity index (χ2n) is 2.85. The third-order valence-electron chi connectivity index (χ3n) is 1.94. The second-order valence-corrected chi connectivity index (χ2v) is 3.26. The van der Waals surface area contributed by atoms with E-state index in [1.807, 2.05) is 6.07 Å². The van der Waals surface area contributed by atoms with Crippen LogP contribution < -0.4 is 5.73 Å². The van der Waals surface area contributed by atoms with E-state index in [9.17, 15) is 4.39 Å². The third kappa shape index (κ3) is 1.41. The van der Waals surface area contributed by atoms with Crippen LogP contribution in [0.5, 0.6) is 0 Å². The van der Waals surface area contributed by atoms with Crippen molar-refractivity contribution in [2.75, 3.05) is 0 Å². The lowest BCUT2D eigenvalue weighted by Gasteiger charge is -1.93. The molecule has 2 nitrogen and oxygen atoms in total. The zero-order chi connectivity index (χ0) is 9.42. The van der Waals surface area contributed by atoms with Crippen LogP contribution in [0.4, 0.5) is 4.39 Å². The van der Waals surface area contributed by atoms with Crippen molar-refractivity contribution in [1.29, 1.82) is 0 Å². The number of hydrogen-bond acceptors (Lipinski definition) is 1. The summed E-state index contributed by atoms with van der Waals surface area (Å²) in [6.45, 7) is 0.411. The van der Waals surface area contributed by atoms with Crippen molar-refractivity contribution >= 4 is 22.5 Å². The first-order valence-corrected chi connectivity index (χ1v) is 4.25. The van der Waals surface area contributed by atoms with Gasteiger partial charge in [-0.25, -0.2) is 4.39 Å². The highest BCUT2D eigenvalue weighted by atomic mass is 35.5. The number of aromatic amines is 1. The molecule has 2 rings (SSSR count). The molecule has 0 aliphatic rings. The molecule has 0 spiro atoms. The molecule has 0 saturated heterocycles. The fourth-order valence-electron chi connectivity index (χ4n) is 1.30. The van der Waals surface area contributed by atoms with E-state index in [-0.39, 0.29) is 5.02 Å². The van der Waals surface area contributed by atoms with E-state index in [0.717, 1.165) is 16.6 Å². The summed E-state index contributed by atoms with van der Waals surface area (Å²) >= 11 is 5.62. The molecular formula is C9H8ClFN2. The molecule has 0 bridgehead atoms. The number of rotatable bonds is 1. The van der Waals surface area contributed by atoms with Crippen molar-refractivity contribution in [1.82, 2.24) is 4.98 Å². The van der Waals surface area contributed by atoms with Crippen LogP contribution in [0.3, 0.4) is 0 Å². The van der Waals surface area contributed by atoms with Crippen LogP contribution in [0.2, 0.25) is 5.02 Å². The van der Waals surface area contributed by atoms with Crippen LogP contribution >= 0.6 is 11.6 Å². The molecule has 0 amide bonds. The molecule has 0 fully saturated rings. The van der Waals surface area contributed by atoms with Gasteiger partial charge in [0.2, 0.25) is 0 Å². The van der Waals surface area contributed by atoms with E-state index in [4.69, 9.17) is 17.3 Å². The van der Waals surface area contributed by atoms with E-state index in [0.29, 0.717) is 6.54 Å². The normalized spacial score (nSPS) is 11.0. The van der Waals surface area contributed by atoms with Gasteiger partial charge in [0, 0.05) is 23.1 Å². The van der Waals surface area contributed by atoms with Gasteiger partial charge in [0.15, 0.2) is 0 Å². The van der Waals surface area contributed by atoms with E-state index in [2.05, 4.69) is 4.98 Å². The average molecular weight is 199 g/mol. The number of hydrogen-bond donors (Lipinski definition) is 2. The molecule has 2 aromatic rings. The molecule has 1 aromatic heterocycles. The molecule has 1 heterocycles. The topological polar surface area (TPSA) is 41.8 Å². The number of aromatic nitrogens is 1. The van der Waals surface area contributed by atoms with Crippen molar-refractivity contribution in [2.45, 2.75) is 6.54 Å². The first-order chi connectivity index (χ1) is 6.20. The van der Waals surface area contributed by atoms with Gasteiger partial charge in [-0.15, -0.1) is 0 Å². The van der Waals surface area contributed by atoms with Crippen molar-refractivity contribution in [2.24, 2.45) is 5.73 Å². The van der Waals surface area contributed by atoms with E-state index >= 15 is 0 Å². The van der Waals surface area contributed by atoms with Crippen LogP contribution in [0.15, 0.2) is 18.2 Å². The number of benzene rings is 1. The second kappa shape index (κ2) is 3.01. The maximum Gasteiger partial charge on any atom is 0.143 e. The minimum Gasteiger partial charge on any atom is -0.357 e. The monoisotopic (exact) mass is 198 g/mol. The maximum absolute atomic E-state index is 13.0. The minimum absolute atomic E-state index is 0.134. The van der Waals surface area contributed by atoms with Gasteiger partial charge in [-0.3, -0.25) is 0 Å². The van der Waals surface area contributed by atoms with Crippen molar-refractivity contribution in [3.05, 3.63) is 34.7 Å². The Morgan fingerprint density at radius 2 is 2.15 bits per heavy atom. The van der Waals surface area contributed by atoms with Crippen molar-refractivity contribution in [3.63, 3.8) is 0 Å². The van der Waals surface area contributed by atoms with Gasteiger partial charge in [-0.05, 0) is 18.2 Å². The Labute approximate surface area is 79.5 Å². The largest absolute Gasteiger partial charge is 0.357 e. The van der Waals surface area contributed by atoms with Crippen LogP contribution in [-0.4, -0.2) is 4.98 Å². The summed E-state index contributed by atoms with van der Waals surface area (Å²) in [4.78, 5) is 2.99. The average Bonchev–Trinajstić information content (AvgIpc) is 2.48. The Kier molecular flexibility index (Phi) is 1.98. The van der Waals surface area contributed by atoms with E-state index in [1.54, 1.807) is 6.07 Å². The molecule has 0 radical (unpaired) electrons. The lowest BCUT2D eigenvalue weighted by molar-refractivity contribution is 0.630. The highest BCUT2D eigenvalue weighted by Gasteiger charge is 2.04. The van der Waals surface area contributed by atoms with Crippen LogP contribution in [0, 0.1) is 5.82 Å². The van der Waals surface area contributed by atoms with Gasteiger partial charge in [0.05, 0.1) is 5.02 Å². The summed E-state index contributed by atoms with van der Waals surface area (Å²) in [6, 6.07) is 4.82. The Bertz CT molecular complexity index is 411. The lowest BCUT2D eigenvalue weighted by Crippen LogP contribution is -1.94. The predicted octanol–water partition coefficient (Wildman–Crippen LogP) is 2.42. The molecule has 0 unspecified atom stereocenters. The third-order valence-corrected chi connectivity index (χ3v) is 2.23. The fraction of sp³-hybridized carbons (Fsp3) is 0.111. The summed E-state index contributed by atoms with van der Waals surface area (Å²) < 4.78 is 13.0. The summed E-state index contributed by atoms with van der Waals surface area (Å²) in [6.07, 6.45) is 0. The van der Waals surface area contributed by atoms with Crippen molar-refractivity contribution in [3.8, 4) is 0 Å². The Morgan fingerprint density at radius 1 is 1.38 bits per heavy atom. The van der Waals surface area contributed by atoms with Gasteiger partial charge >= 0.3 is 0 Å². The van der Waals surface area contributed by atoms with Gasteiger partial charge in [-0.1, -0.05) is 11.6 Å². The number of halogens is 2. The van der Waals surface area contributed by atoms with E-state index < -0.39 is 5.82 Å². The number of fused-ring (bicyclic) bond motifs is 1. The van der Waals surface area contributed by atoms with Crippen molar-refractivity contribution < 1.29 is 4.39 Å². The standard InChI is InChI=1S/C9H8ClFN2/c10-7-2-5-1-6(4-12)13-9(5)3-8(7)11/h1-3,13H,4,12H2. The summed E-state index contributed by atoms with van der Waals surface area (Å²) in [5.74, 6) is -0.417. The molecule has 4 heteroatoms. The zero-order valence-electron chi connectivity index (χ0n) is 6.77. The Balaban J connectivity index is 2.70. The highest BCUT2D eigenvalue weighted by Crippen LogP contribution is 2.23. The number of nitrogens with two attached hydrogens (primary N) is 1. The first kappa shape index (κ1) is 8.53. The van der Waals surface area contributed by atoms with Crippen LogP contribution in [-0.2, 0) is 6.54 Å². The molecule has 0 aliphatic carbocycles. The van der Waals surface area contributed by atoms with Crippen LogP contribution in [0.25, 0.3) is 10.9 Å². The lowest BCUT2D eigenvalue weighted by atomic mass is 10.2. The van der Waals surface area contributed by atoms with Gasteiger partial charge < -0.3 is 10.7 Å². The van der Waals surface area contributed by atoms with Gasteiger partial charge in [0.25, 0.3) is 0 Å². The van der Waals surface area contributed by atoms with E-state index in [1.165, 1.54) is 6.07 Å². The fourth-order valence-corrected chi connectivity index (χ4v) is 1.47. The predicted molar refractivity (Wildman–Crippen MR) is 51.2 cm³/mol. The molecule has 0 atom stereocenters. The molecule has 0 saturated carbocycles. The van der Waals surface area contributed by atoms with Crippen LogP contribution in [0.1, 0.15) is 5.69 Å². The maximum atomic E-state index is 13.0. The van der Waals surface area contributed by atoms with Gasteiger partial charge in [0.1, 0.15) is 5.82 Å². The summed E-state index contributed by atoms with van der Waals surface area (Å²) in [7, 11) is 0. The zero-order valence-corrected chi connectivity index (χ0v) is 7.53. The number of H-pyrrole nitrogens is 1. The molecule has 13 heavy (non-hydrogen) atoms. The SMILES string of the molecule is NCc1cc2cc(Cl)c(F)cc2[nH]1. The summed E-state index contributed by atoms with van der Waals surface area (Å²) in [5, 5.41) is 1.02. The molecular weight excluding hydrogens is 191 g/mol. The highest BCUT2D eigenvalue weighted by molar-refractivity contribution is 6.31. The Hall–Kier alpha value is -1.06. The number of nitrogens with one attached hydrogen (secondary N) is 1. The molecule has 3 N–H and O–H groups in total. The minimum atomic E-state index is -0.417.